The molecule has 0 amide bonds. The van der Waals surface area contributed by atoms with E-state index in [4.69, 9.17) is 5.73 Å². The summed E-state index contributed by atoms with van der Waals surface area (Å²) in [7, 11) is 0. The largest absolute Gasteiger partial charge is 0.367 e. The zero-order chi connectivity index (χ0) is 14.4. The lowest BCUT2D eigenvalue weighted by Crippen LogP contribution is -2.22. The summed E-state index contributed by atoms with van der Waals surface area (Å²) >= 11 is 0. The van der Waals surface area contributed by atoms with E-state index in [2.05, 4.69) is 24.0 Å². The molecule has 2 aromatic rings. The van der Waals surface area contributed by atoms with Gasteiger partial charge in [0.2, 0.25) is 0 Å². The van der Waals surface area contributed by atoms with Crippen molar-refractivity contribution in [1.82, 2.24) is 0 Å². The van der Waals surface area contributed by atoms with Gasteiger partial charge in [0.1, 0.15) is 5.82 Å². The van der Waals surface area contributed by atoms with E-state index in [1.54, 1.807) is 12.1 Å². The molecule has 2 aromatic carbocycles. The van der Waals surface area contributed by atoms with E-state index in [0.29, 0.717) is 13.0 Å². The molecule has 0 bridgehead atoms. The van der Waals surface area contributed by atoms with E-state index in [0.717, 1.165) is 24.3 Å². The minimum atomic E-state index is -0.197. The molecular formula is C17H21FN2. The van der Waals surface area contributed by atoms with Gasteiger partial charge in [-0.05, 0) is 49.2 Å². The normalized spacial score (nSPS) is 10.6. The van der Waals surface area contributed by atoms with E-state index in [1.807, 2.05) is 24.3 Å². The smallest absolute Gasteiger partial charge is 0.125 e. The predicted octanol–water partition coefficient (Wildman–Crippen LogP) is 3.35. The predicted molar refractivity (Wildman–Crippen MR) is 82.3 cm³/mol. The van der Waals surface area contributed by atoms with Gasteiger partial charge in [-0.2, -0.15) is 0 Å². The lowest BCUT2D eigenvalue weighted by atomic mass is 10.1. The van der Waals surface area contributed by atoms with Crippen LogP contribution in [-0.2, 0) is 13.0 Å². The lowest BCUT2D eigenvalue weighted by Gasteiger charge is -2.24. The minimum absolute atomic E-state index is 0.197. The van der Waals surface area contributed by atoms with Crippen LogP contribution in [0.1, 0.15) is 18.1 Å². The van der Waals surface area contributed by atoms with Crippen LogP contribution in [0.4, 0.5) is 10.1 Å². The second-order valence-electron chi connectivity index (χ2n) is 4.86. The summed E-state index contributed by atoms with van der Waals surface area (Å²) in [6, 6.07) is 15.4. The number of benzene rings is 2. The maximum absolute atomic E-state index is 13.7. The zero-order valence-electron chi connectivity index (χ0n) is 11.8. The molecule has 2 nitrogen and oxygen atoms in total. The van der Waals surface area contributed by atoms with Gasteiger partial charge in [-0.3, -0.25) is 0 Å². The summed E-state index contributed by atoms with van der Waals surface area (Å²) in [5.74, 6) is -0.197. The number of nitrogens with two attached hydrogens (primary N) is 1. The first-order valence-electron chi connectivity index (χ1n) is 7.01. The van der Waals surface area contributed by atoms with E-state index < -0.39 is 0 Å². The third-order valence-electron chi connectivity index (χ3n) is 3.34. The zero-order valence-corrected chi connectivity index (χ0v) is 11.8. The van der Waals surface area contributed by atoms with Crippen LogP contribution >= 0.6 is 0 Å². The van der Waals surface area contributed by atoms with E-state index >= 15 is 0 Å². The molecule has 3 heteroatoms. The van der Waals surface area contributed by atoms with Gasteiger partial charge >= 0.3 is 0 Å². The molecule has 20 heavy (non-hydrogen) atoms. The molecule has 0 heterocycles. The van der Waals surface area contributed by atoms with Gasteiger partial charge in [-0.25, -0.2) is 4.39 Å². The van der Waals surface area contributed by atoms with Crippen molar-refractivity contribution in [2.45, 2.75) is 19.9 Å². The highest BCUT2D eigenvalue weighted by atomic mass is 19.1. The highest BCUT2D eigenvalue weighted by Gasteiger charge is 2.08. The van der Waals surface area contributed by atoms with Crippen molar-refractivity contribution in [2.75, 3.05) is 18.0 Å². The molecule has 0 aliphatic rings. The Labute approximate surface area is 120 Å². The summed E-state index contributed by atoms with van der Waals surface area (Å²) in [5.41, 5.74) is 8.65. The Hall–Kier alpha value is -1.87. The number of rotatable bonds is 6. The van der Waals surface area contributed by atoms with Crippen molar-refractivity contribution in [3.05, 3.63) is 65.5 Å². The van der Waals surface area contributed by atoms with Crippen molar-refractivity contribution >= 4 is 5.69 Å². The number of halogens is 1. The first-order chi connectivity index (χ1) is 9.72. The molecule has 0 aromatic heterocycles. The Morgan fingerprint density at radius 1 is 1.05 bits per heavy atom. The first-order valence-corrected chi connectivity index (χ1v) is 7.01. The summed E-state index contributed by atoms with van der Waals surface area (Å²) < 4.78 is 13.7. The Kier molecular flexibility index (Phi) is 5.13. The van der Waals surface area contributed by atoms with Gasteiger partial charge in [-0.1, -0.05) is 30.3 Å². The van der Waals surface area contributed by atoms with Crippen LogP contribution in [-0.4, -0.2) is 13.1 Å². The van der Waals surface area contributed by atoms with Gasteiger partial charge in [0.05, 0.1) is 0 Å². The fourth-order valence-corrected chi connectivity index (χ4v) is 2.32. The number of anilines is 1. The molecule has 0 radical (unpaired) electrons. The molecule has 0 unspecified atom stereocenters. The Bertz CT molecular complexity index is 540. The summed E-state index contributed by atoms with van der Waals surface area (Å²) in [5, 5.41) is 0. The average molecular weight is 272 g/mol. The van der Waals surface area contributed by atoms with Crippen LogP contribution in [0, 0.1) is 5.82 Å². The van der Waals surface area contributed by atoms with Crippen molar-refractivity contribution in [1.29, 1.82) is 0 Å². The Balaban J connectivity index is 2.22. The first kappa shape index (κ1) is 14.5. The third-order valence-corrected chi connectivity index (χ3v) is 3.34. The van der Waals surface area contributed by atoms with E-state index in [-0.39, 0.29) is 5.82 Å². The van der Waals surface area contributed by atoms with Crippen LogP contribution in [0.2, 0.25) is 0 Å². The third kappa shape index (κ3) is 3.81. The number of hydrogen-bond donors (Lipinski definition) is 1. The van der Waals surface area contributed by atoms with Crippen molar-refractivity contribution in [2.24, 2.45) is 5.73 Å². The Morgan fingerprint density at radius 3 is 2.45 bits per heavy atom. The number of nitrogens with zero attached hydrogens (tertiary/aromatic N) is 1. The summed E-state index contributed by atoms with van der Waals surface area (Å²) in [6.07, 6.45) is 0.702. The van der Waals surface area contributed by atoms with Gasteiger partial charge < -0.3 is 10.6 Å². The Morgan fingerprint density at radius 2 is 1.80 bits per heavy atom. The van der Waals surface area contributed by atoms with Crippen molar-refractivity contribution in [3.63, 3.8) is 0 Å². The van der Waals surface area contributed by atoms with Crippen LogP contribution < -0.4 is 10.6 Å². The van der Waals surface area contributed by atoms with Crippen molar-refractivity contribution in [3.8, 4) is 0 Å². The highest BCUT2D eigenvalue weighted by Crippen LogP contribution is 2.21. The molecule has 0 saturated heterocycles. The maximum Gasteiger partial charge on any atom is 0.125 e. The standard InChI is InChI=1S/C17H21FN2/c1-2-20(13-14-6-4-3-5-7-14)17-11-15(8-9-19)10-16(18)12-17/h3-7,10-12H,2,8-9,13,19H2,1H3. The van der Waals surface area contributed by atoms with Crippen LogP contribution in [0.5, 0.6) is 0 Å². The molecule has 0 aliphatic heterocycles. The second kappa shape index (κ2) is 7.06. The van der Waals surface area contributed by atoms with Gasteiger partial charge in [-0.15, -0.1) is 0 Å². The molecule has 2 N–H and O–H groups in total. The summed E-state index contributed by atoms with van der Waals surface area (Å²) in [6.45, 7) is 4.23. The van der Waals surface area contributed by atoms with Gasteiger partial charge in [0.25, 0.3) is 0 Å². The SMILES string of the molecule is CCN(Cc1ccccc1)c1cc(F)cc(CCN)c1. The average Bonchev–Trinajstić information content (AvgIpc) is 2.45. The molecule has 0 spiro atoms. The quantitative estimate of drug-likeness (QED) is 0.873. The summed E-state index contributed by atoms with van der Waals surface area (Å²) in [4.78, 5) is 2.17. The molecule has 0 atom stereocenters. The van der Waals surface area contributed by atoms with Crippen molar-refractivity contribution < 1.29 is 4.39 Å². The van der Waals surface area contributed by atoms with Crippen LogP contribution in [0.15, 0.2) is 48.5 Å². The molecule has 0 saturated carbocycles. The molecule has 106 valence electrons. The van der Waals surface area contributed by atoms with E-state index in [9.17, 15) is 4.39 Å². The number of hydrogen-bond acceptors (Lipinski definition) is 2. The molecule has 2 rings (SSSR count). The second-order valence-corrected chi connectivity index (χ2v) is 4.86. The minimum Gasteiger partial charge on any atom is -0.367 e. The van der Waals surface area contributed by atoms with Crippen LogP contribution in [0.25, 0.3) is 0 Å². The lowest BCUT2D eigenvalue weighted by molar-refractivity contribution is 0.624. The topological polar surface area (TPSA) is 29.3 Å². The molecule has 0 fully saturated rings. The highest BCUT2D eigenvalue weighted by molar-refractivity contribution is 5.49. The molecule has 0 aliphatic carbocycles. The van der Waals surface area contributed by atoms with Crippen LogP contribution in [0.3, 0.4) is 0 Å². The molecular weight excluding hydrogens is 251 g/mol. The fraction of sp³-hybridized carbons (Fsp3) is 0.294. The van der Waals surface area contributed by atoms with E-state index in [1.165, 1.54) is 5.56 Å². The van der Waals surface area contributed by atoms with Gasteiger partial charge in [0.15, 0.2) is 0 Å². The van der Waals surface area contributed by atoms with Gasteiger partial charge in [0, 0.05) is 18.8 Å². The fourth-order valence-electron chi connectivity index (χ4n) is 2.32. The maximum atomic E-state index is 13.7. The monoisotopic (exact) mass is 272 g/mol.